The van der Waals surface area contributed by atoms with Crippen molar-refractivity contribution in [3.8, 4) is 5.75 Å². The van der Waals surface area contributed by atoms with E-state index in [1.54, 1.807) is 0 Å². The van der Waals surface area contributed by atoms with Gasteiger partial charge in [-0.25, -0.2) is 4.79 Å². The van der Waals surface area contributed by atoms with Gasteiger partial charge in [-0.2, -0.15) is 8.78 Å². The number of amides is 1. The molecule has 1 aromatic carbocycles. The second-order valence-electron chi connectivity index (χ2n) is 6.36. The number of alkyl halides is 2. The van der Waals surface area contributed by atoms with Gasteiger partial charge < -0.3 is 15.4 Å². The lowest BCUT2D eigenvalue weighted by Gasteiger charge is -2.24. The number of aromatic nitrogens is 2. The van der Waals surface area contributed by atoms with E-state index in [9.17, 15) is 23.2 Å². The zero-order valence-corrected chi connectivity index (χ0v) is 16.3. The molecule has 158 valence electrons. The van der Waals surface area contributed by atoms with E-state index in [1.807, 2.05) is 13.8 Å². The van der Waals surface area contributed by atoms with E-state index in [-0.39, 0.29) is 35.9 Å². The van der Waals surface area contributed by atoms with Crippen LogP contribution in [0.15, 0.2) is 33.9 Å². The molecular formula is C19H24F2N4O4. The molecule has 0 saturated heterocycles. The van der Waals surface area contributed by atoms with E-state index >= 15 is 0 Å². The molecule has 0 aliphatic rings. The number of rotatable bonds is 9. The summed E-state index contributed by atoms with van der Waals surface area (Å²) in [7, 11) is 0. The molecule has 3 N–H and O–H groups in total. The van der Waals surface area contributed by atoms with E-state index in [0.29, 0.717) is 12.8 Å². The highest BCUT2D eigenvalue weighted by molar-refractivity contribution is 6.07. The monoisotopic (exact) mass is 410 g/mol. The SMILES string of the molecule is CCCCN(C(=O)c1cccc(OC(F)F)c1)c1c(N)n(CCC)c(=O)[nH]c1=O. The second kappa shape index (κ2) is 9.85. The molecule has 2 aromatic rings. The number of carbonyl (C=O) groups excluding carboxylic acids is 1. The molecule has 10 heteroatoms. The van der Waals surface area contributed by atoms with E-state index in [0.717, 1.165) is 6.42 Å². The third-order valence-electron chi connectivity index (χ3n) is 4.22. The van der Waals surface area contributed by atoms with Crippen molar-refractivity contribution in [2.24, 2.45) is 0 Å². The zero-order chi connectivity index (χ0) is 21.6. The number of benzene rings is 1. The van der Waals surface area contributed by atoms with Gasteiger partial charge in [0.05, 0.1) is 0 Å². The Labute approximate surface area is 165 Å². The number of H-pyrrole nitrogens is 1. The maximum atomic E-state index is 13.1. The van der Waals surface area contributed by atoms with Crippen LogP contribution >= 0.6 is 0 Å². The van der Waals surface area contributed by atoms with Crippen LogP contribution in [-0.2, 0) is 6.54 Å². The molecular weight excluding hydrogens is 386 g/mol. The Bertz CT molecular complexity index is 971. The van der Waals surface area contributed by atoms with Crippen molar-refractivity contribution in [1.29, 1.82) is 0 Å². The van der Waals surface area contributed by atoms with Crippen LogP contribution in [0.5, 0.6) is 5.75 Å². The van der Waals surface area contributed by atoms with Gasteiger partial charge in [-0.15, -0.1) is 0 Å². The standard InChI is InChI=1S/C19H24F2N4O4/c1-3-5-10-24(14-15(22)25(9-4-2)19(28)23-16(14)26)17(27)12-7-6-8-13(11-12)29-18(20)21/h6-8,11,18H,3-5,9-10,22H2,1-2H3,(H,23,26,28). The third-order valence-corrected chi connectivity index (χ3v) is 4.22. The smallest absolute Gasteiger partial charge is 0.387 e. The number of aromatic amines is 1. The summed E-state index contributed by atoms with van der Waals surface area (Å²) >= 11 is 0. The lowest BCUT2D eigenvalue weighted by molar-refractivity contribution is -0.0498. The Kier molecular flexibility index (Phi) is 7.52. The summed E-state index contributed by atoms with van der Waals surface area (Å²) < 4.78 is 30.5. The molecule has 0 aliphatic heterocycles. The Morgan fingerprint density at radius 3 is 2.62 bits per heavy atom. The first-order valence-corrected chi connectivity index (χ1v) is 9.29. The number of halogens is 2. The van der Waals surface area contributed by atoms with Gasteiger partial charge in [0.15, 0.2) is 5.69 Å². The predicted molar refractivity (Wildman–Crippen MR) is 106 cm³/mol. The van der Waals surface area contributed by atoms with Crippen molar-refractivity contribution in [3.05, 3.63) is 50.7 Å². The number of ether oxygens (including phenoxy) is 1. The molecule has 29 heavy (non-hydrogen) atoms. The number of nitrogens with one attached hydrogen (secondary N) is 1. The van der Waals surface area contributed by atoms with Crippen molar-refractivity contribution < 1.29 is 18.3 Å². The minimum atomic E-state index is -3.03. The number of unbranched alkanes of at least 4 members (excludes halogenated alkanes) is 1. The van der Waals surface area contributed by atoms with Crippen molar-refractivity contribution in [1.82, 2.24) is 9.55 Å². The van der Waals surface area contributed by atoms with Gasteiger partial charge in [0.1, 0.15) is 11.6 Å². The molecule has 8 nitrogen and oxygen atoms in total. The molecule has 0 spiro atoms. The zero-order valence-electron chi connectivity index (χ0n) is 16.3. The highest BCUT2D eigenvalue weighted by atomic mass is 19.3. The second-order valence-corrected chi connectivity index (χ2v) is 6.36. The molecule has 1 heterocycles. The minimum Gasteiger partial charge on any atom is -0.435 e. The van der Waals surface area contributed by atoms with Gasteiger partial charge in [-0.05, 0) is 31.0 Å². The lowest BCUT2D eigenvalue weighted by Crippen LogP contribution is -2.41. The summed E-state index contributed by atoms with van der Waals surface area (Å²) in [6, 6.07) is 5.28. The first-order valence-electron chi connectivity index (χ1n) is 9.29. The number of anilines is 2. The molecule has 0 saturated carbocycles. The van der Waals surface area contributed by atoms with E-state index in [2.05, 4.69) is 9.72 Å². The van der Waals surface area contributed by atoms with Crippen LogP contribution in [0.4, 0.5) is 20.3 Å². The van der Waals surface area contributed by atoms with Crippen LogP contribution in [0.1, 0.15) is 43.5 Å². The summed E-state index contributed by atoms with van der Waals surface area (Å²) in [4.78, 5) is 41.1. The van der Waals surface area contributed by atoms with Crippen LogP contribution in [0, 0.1) is 0 Å². The summed E-state index contributed by atoms with van der Waals surface area (Å²) in [5, 5.41) is 0. The van der Waals surface area contributed by atoms with Crippen molar-refractivity contribution in [3.63, 3.8) is 0 Å². The van der Waals surface area contributed by atoms with Crippen molar-refractivity contribution in [2.45, 2.75) is 46.3 Å². The van der Waals surface area contributed by atoms with Gasteiger partial charge in [-0.3, -0.25) is 19.1 Å². The minimum absolute atomic E-state index is 0.0475. The van der Waals surface area contributed by atoms with E-state index in [4.69, 9.17) is 5.73 Å². The Balaban J connectivity index is 2.55. The predicted octanol–water partition coefficient (Wildman–Crippen LogP) is 2.58. The van der Waals surface area contributed by atoms with Crippen LogP contribution in [-0.4, -0.2) is 28.6 Å². The number of nitrogens with two attached hydrogens (primary N) is 1. The molecule has 0 aliphatic carbocycles. The van der Waals surface area contributed by atoms with Crippen LogP contribution < -0.4 is 26.6 Å². The lowest BCUT2D eigenvalue weighted by atomic mass is 10.1. The normalized spacial score (nSPS) is 10.9. The number of nitrogen functional groups attached to an aromatic ring is 1. The Morgan fingerprint density at radius 2 is 2.00 bits per heavy atom. The van der Waals surface area contributed by atoms with Crippen LogP contribution in [0.3, 0.4) is 0 Å². The van der Waals surface area contributed by atoms with Gasteiger partial charge in [0, 0.05) is 18.7 Å². The average Bonchev–Trinajstić information content (AvgIpc) is 2.66. The quantitative estimate of drug-likeness (QED) is 0.660. The van der Waals surface area contributed by atoms with E-state index in [1.165, 1.54) is 33.7 Å². The molecule has 0 unspecified atom stereocenters. The molecule has 2 rings (SSSR count). The molecule has 1 aromatic heterocycles. The largest absolute Gasteiger partial charge is 0.435 e. The molecule has 1 amide bonds. The first kappa shape index (κ1) is 22.1. The molecule has 0 bridgehead atoms. The Morgan fingerprint density at radius 1 is 1.28 bits per heavy atom. The fourth-order valence-electron chi connectivity index (χ4n) is 2.88. The summed E-state index contributed by atoms with van der Waals surface area (Å²) in [6.07, 6.45) is 1.88. The number of carbonyl (C=O) groups is 1. The highest BCUT2D eigenvalue weighted by Gasteiger charge is 2.25. The summed E-state index contributed by atoms with van der Waals surface area (Å²) in [5.41, 5.74) is 4.54. The summed E-state index contributed by atoms with van der Waals surface area (Å²) in [5.74, 6) is -0.916. The van der Waals surface area contributed by atoms with Crippen molar-refractivity contribution in [2.75, 3.05) is 17.2 Å². The molecule has 0 fully saturated rings. The van der Waals surface area contributed by atoms with E-state index < -0.39 is 23.8 Å². The maximum Gasteiger partial charge on any atom is 0.387 e. The van der Waals surface area contributed by atoms with Crippen LogP contribution in [0.25, 0.3) is 0 Å². The number of hydrogen-bond donors (Lipinski definition) is 2. The average molecular weight is 410 g/mol. The molecule has 0 radical (unpaired) electrons. The van der Waals surface area contributed by atoms with Gasteiger partial charge in [0.25, 0.3) is 11.5 Å². The van der Waals surface area contributed by atoms with Gasteiger partial charge in [-0.1, -0.05) is 26.3 Å². The van der Waals surface area contributed by atoms with Gasteiger partial charge in [0.2, 0.25) is 0 Å². The third kappa shape index (κ3) is 5.21. The molecule has 0 atom stereocenters. The van der Waals surface area contributed by atoms with Crippen molar-refractivity contribution >= 4 is 17.4 Å². The number of nitrogens with zero attached hydrogens (tertiary/aromatic N) is 2. The fourth-order valence-corrected chi connectivity index (χ4v) is 2.88. The topological polar surface area (TPSA) is 110 Å². The first-order chi connectivity index (χ1) is 13.8. The van der Waals surface area contributed by atoms with Crippen LogP contribution in [0.2, 0.25) is 0 Å². The van der Waals surface area contributed by atoms with Gasteiger partial charge >= 0.3 is 12.3 Å². The fraction of sp³-hybridized carbons (Fsp3) is 0.421. The highest BCUT2D eigenvalue weighted by Crippen LogP contribution is 2.23. The maximum absolute atomic E-state index is 13.1. The number of hydrogen-bond acceptors (Lipinski definition) is 5. The Hall–Kier alpha value is -3.17. The summed E-state index contributed by atoms with van der Waals surface area (Å²) in [6.45, 7) is 1.14.